The van der Waals surface area contributed by atoms with Crippen molar-refractivity contribution in [1.29, 1.82) is 0 Å². The minimum Gasteiger partial charge on any atom is -0.389 e. The van der Waals surface area contributed by atoms with E-state index in [1.54, 1.807) is 0 Å². The Morgan fingerprint density at radius 3 is 2.65 bits per heavy atom. The lowest BCUT2D eigenvalue weighted by atomic mass is 10.1. The summed E-state index contributed by atoms with van der Waals surface area (Å²) in [6.45, 7) is 2.12. The van der Waals surface area contributed by atoms with Crippen molar-refractivity contribution in [2.75, 3.05) is 5.32 Å². The van der Waals surface area contributed by atoms with Gasteiger partial charge in [0.05, 0.1) is 5.02 Å². The van der Waals surface area contributed by atoms with Crippen molar-refractivity contribution in [3.8, 4) is 0 Å². The van der Waals surface area contributed by atoms with Crippen LogP contribution in [0.4, 0.5) is 11.4 Å². The fourth-order valence-corrected chi connectivity index (χ4v) is 2.85. The molecule has 0 aliphatic heterocycles. The van der Waals surface area contributed by atoms with Crippen LogP contribution in [0.5, 0.6) is 0 Å². The molecule has 3 N–H and O–H groups in total. The molecule has 0 heterocycles. The second-order valence-electron chi connectivity index (χ2n) is 4.34. The molecule has 2 nitrogen and oxygen atoms in total. The summed E-state index contributed by atoms with van der Waals surface area (Å²) in [6, 6.07) is 11.7. The number of hydrogen-bond donors (Lipinski definition) is 2. The van der Waals surface area contributed by atoms with Crippen LogP contribution in [0.15, 0.2) is 40.9 Å². The van der Waals surface area contributed by atoms with E-state index in [4.69, 9.17) is 29.6 Å². The van der Waals surface area contributed by atoms with Crippen molar-refractivity contribution in [2.24, 2.45) is 5.73 Å². The Labute approximate surface area is 137 Å². The maximum atomic E-state index is 6.17. The average Bonchev–Trinajstić information content (AvgIpc) is 2.40. The molecule has 0 amide bonds. The zero-order valence-electron chi connectivity index (χ0n) is 10.9. The molecule has 0 aliphatic rings. The van der Waals surface area contributed by atoms with Gasteiger partial charge in [0.25, 0.3) is 0 Å². The lowest BCUT2D eigenvalue weighted by Gasteiger charge is -2.13. The normalized spacial score (nSPS) is 10.3. The molecular weight excluding hydrogens is 356 g/mol. The van der Waals surface area contributed by atoms with E-state index in [9.17, 15) is 0 Å². The van der Waals surface area contributed by atoms with Gasteiger partial charge in [-0.05, 0) is 48.4 Å². The second kappa shape index (κ2) is 6.57. The van der Waals surface area contributed by atoms with Gasteiger partial charge in [0.2, 0.25) is 0 Å². The Bertz CT molecular complexity index is 658. The summed E-state index contributed by atoms with van der Waals surface area (Å²) in [4.78, 5) is 0.305. The molecule has 0 aliphatic carbocycles. The predicted octanol–water partition coefficient (Wildman–Crippen LogP) is 5.04. The highest BCUT2D eigenvalue weighted by Crippen LogP contribution is 2.27. The van der Waals surface area contributed by atoms with Crippen molar-refractivity contribution in [3.05, 3.63) is 57.0 Å². The van der Waals surface area contributed by atoms with Gasteiger partial charge < -0.3 is 11.1 Å². The minimum atomic E-state index is 0.305. The van der Waals surface area contributed by atoms with E-state index >= 15 is 0 Å². The molecule has 0 unspecified atom stereocenters. The largest absolute Gasteiger partial charge is 0.389 e. The van der Waals surface area contributed by atoms with E-state index in [1.807, 2.05) is 30.3 Å². The molecule has 20 heavy (non-hydrogen) atoms. The number of nitrogens with two attached hydrogens (primary N) is 1. The first-order valence-electron chi connectivity index (χ1n) is 6.16. The van der Waals surface area contributed by atoms with E-state index in [2.05, 4.69) is 34.2 Å². The number of aryl methyl sites for hydroxylation is 1. The number of rotatable bonds is 4. The summed E-state index contributed by atoms with van der Waals surface area (Å²) in [5.41, 5.74) is 9.50. The van der Waals surface area contributed by atoms with Gasteiger partial charge in [-0.2, -0.15) is 0 Å². The van der Waals surface area contributed by atoms with Crippen LogP contribution in [0.1, 0.15) is 18.1 Å². The Kier molecular flexibility index (Phi) is 5.02. The molecule has 0 spiro atoms. The van der Waals surface area contributed by atoms with Crippen molar-refractivity contribution in [2.45, 2.75) is 13.3 Å². The zero-order valence-corrected chi connectivity index (χ0v) is 14.1. The number of nitrogens with one attached hydrogen (secondary N) is 1. The maximum absolute atomic E-state index is 6.17. The van der Waals surface area contributed by atoms with Crippen LogP contribution in [0.25, 0.3) is 0 Å². The van der Waals surface area contributed by atoms with Crippen LogP contribution in [-0.4, -0.2) is 4.99 Å². The third-order valence-electron chi connectivity index (χ3n) is 2.96. The summed E-state index contributed by atoms with van der Waals surface area (Å²) < 4.78 is 1.07. The van der Waals surface area contributed by atoms with Gasteiger partial charge in [0, 0.05) is 21.4 Å². The molecule has 0 atom stereocenters. The quantitative estimate of drug-likeness (QED) is 0.741. The average molecular weight is 370 g/mol. The third-order valence-corrected chi connectivity index (χ3v) is 3.99. The first kappa shape index (κ1) is 15.3. The number of halogens is 2. The van der Waals surface area contributed by atoms with Crippen molar-refractivity contribution in [1.82, 2.24) is 0 Å². The number of benzene rings is 2. The van der Waals surface area contributed by atoms with E-state index in [0.717, 1.165) is 22.3 Å². The van der Waals surface area contributed by atoms with Crippen molar-refractivity contribution in [3.63, 3.8) is 0 Å². The highest BCUT2D eigenvalue weighted by atomic mass is 79.9. The topological polar surface area (TPSA) is 38.0 Å². The van der Waals surface area contributed by atoms with E-state index in [-0.39, 0.29) is 0 Å². The molecular formula is C15H14BrClN2S. The van der Waals surface area contributed by atoms with Gasteiger partial charge in [-0.1, -0.05) is 46.7 Å². The summed E-state index contributed by atoms with van der Waals surface area (Å²) in [5.74, 6) is 0. The van der Waals surface area contributed by atoms with Crippen molar-refractivity contribution < 1.29 is 0 Å². The fraction of sp³-hybridized carbons (Fsp3) is 0.133. The van der Waals surface area contributed by atoms with Crippen LogP contribution in [0.3, 0.4) is 0 Å². The first-order chi connectivity index (χ1) is 9.51. The summed E-state index contributed by atoms with van der Waals surface area (Å²) in [7, 11) is 0. The zero-order chi connectivity index (χ0) is 14.7. The van der Waals surface area contributed by atoms with Crippen LogP contribution in [-0.2, 0) is 6.42 Å². The Balaban J connectivity index is 2.31. The smallest absolute Gasteiger partial charge is 0.105 e. The molecule has 0 bridgehead atoms. The van der Waals surface area contributed by atoms with Gasteiger partial charge in [-0.3, -0.25) is 0 Å². The Hall–Kier alpha value is -1.10. The predicted molar refractivity (Wildman–Crippen MR) is 94.1 cm³/mol. The van der Waals surface area contributed by atoms with E-state index < -0.39 is 0 Å². The van der Waals surface area contributed by atoms with Gasteiger partial charge in [-0.25, -0.2) is 0 Å². The van der Waals surface area contributed by atoms with Crippen LogP contribution in [0.2, 0.25) is 5.02 Å². The van der Waals surface area contributed by atoms with Crippen LogP contribution in [0, 0.1) is 0 Å². The molecule has 0 fully saturated rings. The minimum absolute atomic E-state index is 0.305. The lowest BCUT2D eigenvalue weighted by Crippen LogP contribution is -2.10. The fourth-order valence-electron chi connectivity index (χ4n) is 1.92. The van der Waals surface area contributed by atoms with E-state index in [1.165, 1.54) is 5.56 Å². The Morgan fingerprint density at radius 2 is 2.05 bits per heavy atom. The van der Waals surface area contributed by atoms with E-state index in [0.29, 0.717) is 15.6 Å². The maximum Gasteiger partial charge on any atom is 0.105 e. The molecule has 2 aromatic rings. The van der Waals surface area contributed by atoms with Gasteiger partial charge >= 0.3 is 0 Å². The molecule has 104 valence electrons. The monoisotopic (exact) mass is 368 g/mol. The lowest BCUT2D eigenvalue weighted by molar-refractivity contribution is 1.14. The van der Waals surface area contributed by atoms with Crippen LogP contribution >= 0.6 is 39.7 Å². The van der Waals surface area contributed by atoms with Gasteiger partial charge in [-0.15, -0.1) is 0 Å². The molecule has 0 radical (unpaired) electrons. The number of anilines is 2. The second-order valence-corrected chi connectivity index (χ2v) is 6.10. The SMILES string of the molecule is CCc1cc(Br)ccc1Nc1ccc(C(N)=S)c(Cl)c1. The van der Waals surface area contributed by atoms with Gasteiger partial charge in [0.15, 0.2) is 0 Å². The molecule has 0 saturated heterocycles. The molecule has 0 aromatic heterocycles. The van der Waals surface area contributed by atoms with Crippen molar-refractivity contribution >= 4 is 56.1 Å². The summed E-state index contributed by atoms with van der Waals surface area (Å²) in [5, 5.41) is 3.92. The summed E-state index contributed by atoms with van der Waals surface area (Å²) >= 11 is 14.6. The third kappa shape index (κ3) is 3.51. The number of hydrogen-bond acceptors (Lipinski definition) is 2. The summed E-state index contributed by atoms with van der Waals surface area (Å²) in [6.07, 6.45) is 0.945. The number of thiocarbonyl (C=S) groups is 1. The molecule has 2 aromatic carbocycles. The highest BCUT2D eigenvalue weighted by molar-refractivity contribution is 9.10. The standard InChI is InChI=1S/C15H14BrClN2S/c1-2-9-7-10(16)3-6-14(9)19-11-4-5-12(15(18)20)13(17)8-11/h3-8,19H,2H2,1H3,(H2,18,20). The molecule has 2 rings (SSSR count). The van der Waals surface area contributed by atoms with Crippen LogP contribution < -0.4 is 11.1 Å². The molecule has 0 saturated carbocycles. The van der Waals surface area contributed by atoms with Gasteiger partial charge in [0.1, 0.15) is 4.99 Å². The highest BCUT2D eigenvalue weighted by Gasteiger charge is 2.06. The Morgan fingerprint density at radius 1 is 1.30 bits per heavy atom. The first-order valence-corrected chi connectivity index (χ1v) is 7.74. The molecule has 5 heteroatoms.